The van der Waals surface area contributed by atoms with E-state index in [2.05, 4.69) is 51.2 Å². The average Bonchev–Trinajstić information content (AvgIpc) is 2.91. The van der Waals surface area contributed by atoms with Crippen LogP contribution in [0, 0.1) is 6.92 Å². The molecular weight excluding hydrogens is 448 g/mol. The molecule has 4 aromatic rings. The molecule has 1 aliphatic rings. The molecule has 0 saturated carbocycles. The van der Waals surface area contributed by atoms with Gasteiger partial charge in [-0.05, 0) is 60.9 Å². The van der Waals surface area contributed by atoms with Gasteiger partial charge in [0.1, 0.15) is 0 Å². The second kappa shape index (κ2) is 10.8. The van der Waals surface area contributed by atoms with Crippen LogP contribution in [0.25, 0.3) is 10.9 Å². The van der Waals surface area contributed by atoms with Crippen molar-refractivity contribution < 1.29 is 9.90 Å². The third-order valence-electron chi connectivity index (χ3n) is 6.91. The van der Waals surface area contributed by atoms with Crippen molar-refractivity contribution in [3.05, 3.63) is 102 Å². The van der Waals surface area contributed by atoms with E-state index in [-0.39, 0.29) is 0 Å². The van der Waals surface area contributed by atoms with E-state index in [0.717, 1.165) is 61.5 Å². The monoisotopic (exact) mass is 480 g/mol. The van der Waals surface area contributed by atoms with Crippen molar-refractivity contribution >= 4 is 28.4 Å². The number of fused-ring (bicyclic) bond motifs is 1. The fraction of sp³-hybridized carbons (Fsp3) is 0.267. The zero-order chi connectivity index (χ0) is 24.9. The summed E-state index contributed by atoms with van der Waals surface area (Å²) in [5.41, 5.74) is 6.20. The molecule has 0 unspecified atom stereocenters. The molecule has 1 N–H and O–H groups in total. The number of aryl methyl sites for hydroxylation is 1. The summed E-state index contributed by atoms with van der Waals surface area (Å²) in [6.45, 7) is 7.30. The van der Waals surface area contributed by atoms with Crippen LogP contribution in [0.1, 0.15) is 16.8 Å². The smallest absolute Gasteiger partial charge is 0.412 e. The van der Waals surface area contributed by atoms with Gasteiger partial charge < -0.3 is 10.0 Å². The van der Waals surface area contributed by atoms with Gasteiger partial charge in [0.25, 0.3) is 0 Å². The van der Waals surface area contributed by atoms with Crippen molar-refractivity contribution in [1.82, 2.24) is 9.88 Å². The van der Waals surface area contributed by atoms with E-state index in [4.69, 9.17) is 0 Å². The zero-order valence-corrected chi connectivity index (χ0v) is 20.7. The van der Waals surface area contributed by atoms with Crippen LogP contribution in [0.4, 0.5) is 16.2 Å². The summed E-state index contributed by atoms with van der Waals surface area (Å²) in [4.78, 5) is 23.0. The molecule has 3 aromatic carbocycles. The van der Waals surface area contributed by atoms with E-state index in [1.165, 1.54) is 16.0 Å². The lowest BCUT2D eigenvalue weighted by Gasteiger charge is -2.36. The van der Waals surface area contributed by atoms with E-state index < -0.39 is 6.09 Å². The molecule has 36 heavy (non-hydrogen) atoms. The predicted octanol–water partition coefficient (Wildman–Crippen LogP) is 5.59. The summed E-state index contributed by atoms with van der Waals surface area (Å²) in [7, 11) is 0. The van der Waals surface area contributed by atoms with Crippen LogP contribution >= 0.6 is 0 Å². The van der Waals surface area contributed by atoms with Gasteiger partial charge in [0.05, 0.1) is 12.1 Å². The first kappa shape index (κ1) is 23.8. The van der Waals surface area contributed by atoms with E-state index in [1.54, 1.807) is 0 Å². The molecule has 2 heterocycles. The minimum atomic E-state index is -0.939. The van der Waals surface area contributed by atoms with Crippen LogP contribution in [0.15, 0.2) is 84.9 Å². The Labute approximate surface area is 212 Å². The number of amides is 1. The number of nitrogens with zero attached hydrogens (tertiary/aromatic N) is 4. The molecule has 0 radical (unpaired) electrons. The first-order valence-electron chi connectivity index (χ1n) is 12.5. The zero-order valence-electron chi connectivity index (χ0n) is 20.7. The lowest BCUT2D eigenvalue weighted by molar-refractivity contribution is 0.201. The number of hydrogen-bond acceptors (Lipinski definition) is 4. The van der Waals surface area contributed by atoms with Crippen molar-refractivity contribution in [1.29, 1.82) is 0 Å². The fourth-order valence-electron chi connectivity index (χ4n) is 4.93. The maximum absolute atomic E-state index is 12.0. The van der Waals surface area contributed by atoms with Gasteiger partial charge in [-0.15, -0.1) is 0 Å². The van der Waals surface area contributed by atoms with Gasteiger partial charge in [-0.25, -0.2) is 4.79 Å². The van der Waals surface area contributed by atoms with Gasteiger partial charge in [-0.1, -0.05) is 48.5 Å². The summed E-state index contributed by atoms with van der Waals surface area (Å²) >= 11 is 0. The highest BCUT2D eigenvalue weighted by molar-refractivity contribution is 5.92. The molecule has 0 aliphatic carbocycles. The highest BCUT2D eigenvalue weighted by Crippen LogP contribution is 2.27. The van der Waals surface area contributed by atoms with Gasteiger partial charge >= 0.3 is 6.09 Å². The van der Waals surface area contributed by atoms with Gasteiger partial charge in [0.15, 0.2) is 0 Å². The second-order valence-corrected chi connectivity index (χ2v) is 9.40. The standard InChI is InChI=1S/C30H32N4O2/c1-23-13-14-27-28(31-23)11-6-12-29(27)33-19-17-32(18-20-33)16-15-24-9-5-10-26(21-24)34(30(35)36)22-25-7-3-2-4-8-25/h2-14,21H,15-20,22H2,1H3,(H,35,36). The third-order valence-corrected chi connectivity index (χ3v) is 6.91. The third kappa shape index (κ3) is 5.50. The van der Waals surface area contributed by atoms with Crippen LogP contribution in [0.3, 0.4) is 0 Å². The number of piperazine rings is 1. The Bertz CT molecular complexity index is 1330. The molecular formula is C30H32N4O2. The van der Waals surface area contributed by atoms with Gasteiger partial charge in [0.2, 0.25) is 0 Å². The molecule has 1 amide bonds. The Hall–Kier alpha value is -3.90. The average molecular weight is 481 g/mol. The van der Waals surface area contributed by atoms with E-state index in [0.29, 0.717) is 12.2 Å². The van der Waals surface area contributed by atoms with Crippen LogP contribution < -0.4 is 9.80 Å². The SMILES string of the molecule is Cc1ccc2c(N3CCN(CCc4cccc(N(Cc5ccccc5)C(=O)O)c4)CC3)cccc2n1. The Morgan fingerprint density at radius 1 is 0.889 bits per heavy atom. The molecule has 6 nitrogen and oxygen atoms in total. The summed E-state index contributed by atoms with van der Waals surface area (Å²) in [6, 6.07) is 28.3. The fourth-order valence-corrected chi connectivity index (χ4v) is 4.93. The Kier molecular flexibility index (Phi) is 7.14. The van der Waals surface area contributed by atoms with E-state index >= 15 is 0 Å². The largest absolute Gasteiger partial charge is 0.465 e. The van der Waals surface area contributed by atoms with Crippen LogP contribution in [0.2, 0.25) is 0 Å². The quantitative estimate of drug-likeness (QED) is 0.374. The van der Waals surface area contributed by atoms with Crippen molar-refractivity contribution in [2.24, 2.45) is 0 Å². The minimum Gasteiger partial charge on any atom is -0.465 e. The van der Waals surface area contributed by atoms with Crippen LogP contribution in [-0.2, 0) is 13.0 Å². The Morgan fingerprint density at radius 2 is 1.64 bits per heavy atom. The maximum Gasteiger partial charge on any atom is 0.412 e. The lowest BCUT2D eigenvalue weighted by atomic mass is 10.1. The molecule has 1 saturated heterocycles. The Morgan fingerprint density at radius 3 is 2.42 bits per heavy atom. The van der Waals surface area contributed by atoms with Crippen molar-refractivity contribution in [3.63, 3.8) is 0 Å². The number of carboxylic acid groups (broad SMARTS) is 1. The maximum atomic E-state index is 12.0. The predicted molar refractivity (Wildman–Crippen MR) is 146 cm³/mol. The lowest BCUT2D eigenvalue weighted by Crippen LogP contribution is -2.47. The first-order chi connectivity index (χ1) is 17.6. The molecule has 0 bridgehead atoms. The summed E-state index contributed by atoms with van der Waals surface area (Å²) in [6.07, 6.45) is -0.0460. The number of aromatic nitrogens is 1. The van der Waals surface area contributed by atoms with Crippen molar-refractivity contribution in [2.75, 3.05) is 42.5 Å². The van der Waals surface area contributed by atoms with Crippen LogP contribution in [0.5, 0.6) is 0 Å². The van der Waals surface area contributed by atoms with E-state index in [1.807, 2.05) is 55.5 Å². The summed E-state index contributed by atoms with van der Waals surface area (Å²) in [5, 5.41) is 11.0. The van der Waals surface area contributed by atoms with Crippen molar-refractivity contribution in [2.45, 2.75) is 19.9 Å². The van der Waals surface area contributed by atoms with Gasteiger partial charge in [0, 0.05) is 55.2 Å². The molecule has 0 spiro atoms. The topological polar surface area (TPSA) is 59.9 Å². The highest BCUT2D eigenvalue weighted by Gasteiger charge is 2.19. The Balaban J connectivity index is 1.19. The number of rotatable bonds is 7. The number of anilines is 2. The molecule has 0 atom stereocenters. The van der Waals surface area contributed by atoms with Gasteiger partial charge in [-0.2, -0.15) is 0 Å². The number of benzene rings is 3. The van der Waals surface area contributed by atoms with E-state index in [9.17, 15) is 9.90 Å². The van der Waals surface area contributed by atoms with Crippen LogP contribution in [-0.4, -0.2) is 53.8 Å². The minimum absolute atomic E-state index is 0.338. The summed E-state index contributed by atoms with van der Waals surface area (Å²) < 4.78 is 0. The number of pyridine rings is 1. The molecule has 1 aromatic heterocycles. The molecule has 184 valence electrons. The molecule has 5 rings (SSSR count). The highest BCUT2D eigenvalue weighted by atomic mass is 16.4. The molecule has 6 heteroatoms. The molecule has 1 fully saturated rings. The summed E-state index contributed by atoms with van der Waals surface area (Å²) in [5.74, 6) is 0. The number of hydrogen-bond donors (Lipinski definition) is 1. The van der Waals surface area contributed by atoms with Crippen molar-refractivity contribution in [3.8, 4) is 0 Å². The second-order valence-electron chi connectivity index (χ2n) is 9.40. The first-order valence-corrected chi connectivity index (χ1v) is 12.5. The van der Waals surface area contributed by atoms with Gasteiger partial charge in [-0.3, -0.25) is 14.8 Å². The number of carbonyl (C=O) groups is 1. The molecule has 1 aliphatic heterocycles. The normalized spacial score (nSPS) is 14.2.